The Bertz CT molecular complexity index is 409. The van der Waals surface area contributed by atoms with Crippen LogP contribution in [0.15, 0.2) is 18.2 Å². The van der Waals surface area contributed by atoms with E-state index in [9.17, 15) is 14.3 Å². The van der Waals surface area contributed by atoms with E-state index in [0.717, 1.165) is 0 Å². The number of hydrogen-bond acceptors (Lipinski definition) is 3. The largest absolute Gasteiger partial charge is 0.480 e. The molecule has 4 nitrogen and oxygen atoms in total. The monoisotopic (exact) mass is 241 g/mol. The molecular weight excluding hydrogens is 225 g/mol. The molecule has 0 aromatic heterocycles. The molecule has 1 rings (SSSR count). The molecule has 0 heterocycles. The lowest BCUT2D eigenvalue weighted by Gasteiger charge is -2.15. The lowest BCUT2D eigenvalue weighted by atomic mass is 10.1. The lowest BCUT2D eigenvalue weighted by Crippen LogP contribution is -2.36. The van der Waals surface area contributed by atoms with Crippen molar-refractivity contribution >= 4 is 5.97 Å². The number of halogens is 1. The van der Waals surface area contributed by atoms with Gasteiger partial charge in [-0.2, -0.15) is 0 Å². The van der Waals surface area contributed by atoms with Crippen LogP contribution in [0.25, 0.3) is 0 Å². The zero-order chi connectivity index (χ0) is 13.0. The van der Waals surface area contributed by atoms with Crippen molar-refractivity contribution in [3.63, 3.8) is 0 Å². The summed E-state index contributed by atoms with van der Waals surface area (Å²) in [6.07, 6.45) is -0.851. The van der Waals surface area contributed by atoms with Crippen molar-refractivity contribution in [2.24, 2.45) is 0 Å². The summed E-state index contributed by atoms with van der Waals surface area (Å²) in [4.78, 5) is 10.6. The maximum absolute atomic E-state index is 13.0. The average Bonchev–Trinajstić information content (AvgIpc) is 2.28. The Morgan fingerprint density at radius 2 is 2.18 bits per heavy atom. The first kappa shape index (κ1) is 13.6. The Morgan fingerprint density at radius 1 is 1.53 bits per heavy atom. The summed E-state index contributed by atoms with van der Waals surface area (Å²) in [5.41, 5.74) is 1.02. The SMILES string of the molecule is Cc1cc(C(O)CNC(C)C(=O)O)ccc1F. The lowest BCUT2D eigenvalue weighted by molar-refractivity contribution is -0.139. The van der Waals surface area contributed by atoms with Gasteiger partial charge in [-0.3, -0.25) is 4.79 Å². The van der Waals surface area contributed by atoms with Crippen LogP contribution >= 0.6 is 0 Å². The zero-order valence-corrected chi connectivity index (χ0v) is 9.77. The smallest absolute Gasteiger partial charge is 0.320 e. The standard InChI is InChI=1S/C12H16FNO3/c1-7-5-9(3-4-10(7)13)11(15)6-14-8(2)12(16)17/h3-5,8,11,14-15H,6H2,1-2H3,(H,16,17). The second kappa shape index (κ2) is 5.75. The molecule has 0 aliphatic rings. The summed E-state index contributed by atoms with van der Waals surface area (Å²) < 4.78 is 13.0. The van der Waals surface area contributed by atoms with Crippen molar-refractivity contribution < 1.29 is 19.4 Å². The molecule has 0 fully saturated rings. The Hall–Kier alpha value is -1.46. The first-order valence-electron chi connectivity index (χ1n) is 5.32. The number of aliphatic hydroxyl groups is 1. The molecule has 2 atom stereocenters. The fourth-order valence-electron chi connectivity index (χ4n) is 1.37. The van der Waals surface area contributed by atoms with Crippen LogP contribution in [0.2, 0.25) is 0 Å². The fraction of sp³-hybridized carbons (Fsp3) is 0.417. The van der Waals surface area contributed by atoms with Crippen molar-refractivity contribution in [3.05, 3.63) is 35.1 Å². The molecule has 3 N–H and O–H groups in total. The van der Waals surface area contributed by atoms with Gasteiger partial charge in [0.1, 0.15) is 11.9 Å². The van der Waals surface area contributed by atoms with Crippen LogP contribution in [0.3, 0.4) is 0 Å². The first-order valence-corrected chi connectivity index (χ1v) is 5.32. The van der Waals surface area contributed by atoms with E-state index in [0.29, 0.717) is 11.1 Å². The minimum atomic E-state index is -0.979. The van der Waals surface area contributed by atoms with Crippen LogP contribution < -0.4 is 5.32 Å². The van der Waals surface area contributed by atoms with E-state index in [4.69, 9.17) is 5.11 Å². The number of carboxylic acids is 1. The van der Waals surface area contributed by atoms with Gasteiger partial charge in [-0.25, -0.2) is 4.39 Å². The minimum absolute atomic E-state index is 0.110. The number of carbonyl (C=O) groups is 1. The number of aliphatic carboxylic acids is 1. The molecular formula is C12H16FNO3. The quantitative estimate of drug-likeness (QED) is 0.725. The van der Waals surface area contributed by atoms with Gasteiger partial charge in [0.25, 0.3) is 0 Å². The van der Waals surface area contributed by atoms with Crippen LogP contribution in [-0.4, -0.2) is 28.8 Å². The van der Waals surface area contributed by atoms with Crippen molar-refractivity contribution in [3.8, 4) is 0 Å². The molecule has 0 saturated heterocycles. The summed E-state index contributed by atoms with van der Waals surface area (Å²) in [5, 5.41) is 21.1. The Labute approximate surface area is 99.1 Å². The second-order valence-corrected chi connectivity index (χ2v) is 3.99. The molecule has 0 aliphatic carbocycles. The molecule has 1 aromatic carbocycles. The Morgan fingerprint density at radius 3 is 2.71 bits per heavy atom. The summed E-state index contributed by atoms with van der Waals surface area (Å²) in [5.74, 6) is -1.31. The van der Waals surface area contributed by atoms with E-state index in [-0.39, 0.29) is 12.4 Å². The molecule has 5 heteroatoms. The molecule has 0 amide bonds. The van der Waals surface area contributed by atoms with Crippen LogP contribution in [0, 0.1) is 12.7 Å². The third kappa shape index (κ3) is 3.80. The van der Waals surface area contributed by atoms with Crippen molar-refractivity contribution in [1.82, 2.24) is 5.32 Å². The molecule has 17 heavy (non-hydrogen) atoms. The molecule has 0 bridgehead atoms. The molecule has 0 aliphatic heterocycles. The number of carboxylic acid groups (broad SMARTS) is 1. The van der Waals surface area contributed by atoms with Gasteiger partial charge >= 0.3 is 5.97 Å². The van der Waals surface area contributed by atoms with E-state index in [1.807, 2.05) is 0 Å². The van der Waals surface area contributed by atoms with Gasteiger partial charge in [0.05, 0.1) is 6.10 Å². The molecule has 0 radical (unpaired) electrons. The van der Waals surface area contributed by atoms with E-state index < -0.39 is 18.1 Å². The number of benzene rings is 1. The molecule has 0 saturated carbocycles. The Balaban J connectivity index is 2.60. The van der Waals surface area contributed by atoms with E-state index in [1.165, 1.54) is 19.1 Å². The van der Waals surface area contributed by atoms with Gasteiger partial charge in [0.2, 0.25) is 0 Å². The fourth-order valence-corrected chi connectivity index (χ4v) is 1.37. The summed E-state index contributed by atoms with van der Waals surface area (Å²) in [7, 11) is 0. The van der Waals surface area contributed by atoms with E-state index in [2.05, 4.69) is 5.32 Å². The number of aliphatic hydroxyl groups excluding tert-OH is 1. The minimum Gasteiger partial charge on any atom is -0.480 e. The molecule has 2 unspecified atom stereocenters. The summed E-state index contributed by atoms with van der Waals surface area (Å²) >= 11 is 0. The highest BCUT2D eigenvalue weighted by Gasteiger charge is 2.14. The first-order chi connectivity index (χ1) is 7.91. The van der Waals surface area contributed by atoms with Crippen LogP contribution in [0.5, 0.6) is 0 Å². The van der Waals surface area contributed by atoms with E-state index in [1.54, 1.807) is 13.0 Å². The van der Waals surface area contributed by atoms with Gasteiger partial charge in [-0.05, 0) is 31.0 Å². The molecule has 94 valence electrons. The maximum Gasteiger partial charge on any atom is 0.320 e. The molecule has 1 aromatic rings. The maximum atomic E-state index is 13.0. The van der Waals surface area contributed by atoms with Gasteiger partial charge in [-0.1, -0.05) is 12.1 Å². The third-order valence-electron chi connectivity index (χ3n) is 2.55. The predicted octanol–water partition coefficient (Wildman–Crippen LogP) is 1.23. The van der Waals surface area contributed by atoms with E-state index >= 15 is 0 Å². The van der Waals surface area contributed by atoms with Crippen molar-refractivity contribution in [2.45, 2.75) is 26.0 Å². The average molecular weight is 241 g/mol. The van der Waals surface area contributed by atoms with Gasteiger partial charge in [0, 0.05) is 6.54 Å². The van der Waals surface area contributed by atoms with Gasteiger partial charge in [-0.15, -0.1) is 0 Å². The third-order valence-corrected chi connectivity index (χ3v) is 2.55. The molecule has 0 spiro atoms. The predicted molar refractivity (Wildman–Crippen MR) is 61.2 cm³/mol. The summed E-state index contributed by atoms with van der Waals surface area (Å²) in [6.45, 7) is 3.21. The second-order valence-electron chi connectivity index (χ2n) is 3.99. The Kier molecular flexibility index (Phi) is 4.60. The normalized spacial score (nSPS) is 14.4. The number of nitrogens with one attached hydrogen (secondary N) is 1. The highest BCUT2D eigenvalue weighted by atomic mass is 19.1. The highest BCUT2D eigenvalue weighted by Crippen LogP contribution is 2.16. The number of hydrogen-bond donors (Lipinski definition) is 3. The topological polar surface area (TPSA) is 69.6 Å². The van der Waals surface area contributed by atoms with Crippen LogP contribution in [-0.2, 0) is 4.79 Å². The van der Waals surface area contributed by atoms with Gasteiger partial charge < -0.3 is 15.5 Å². The van der Waals surface area contributed by atoms with Crippen LogP contribution in [0.1, 0.15) is 24.2 Å². The van der Waals surface area contributed by atoms with Crippen molar-refractivity contribution in [2.75, 3.05) is 6.54 Å². The zero-order valence-electron chi connectivity index (χ0n) is 9.77. The van der Waals surface area contributed by atoms with Crippen LogP contribution in [0.4, 0.5) is 4.39 Å². The summed E-state index contributed by atoms with van der Waals surface area (Å²) in [6, 6.07) is 3.59. The number of aryl methyl sites for hydroxylation is 1. The van der Waals surface area contributed by atoms with Gasteiger partial charge in [0.15, 0.2) is 0 Å². The number of rotatable bonds is 5. The highest BCUT2D eigenvalue weighted by molar-refractivity contribution is 5.72. The van der Waals surface area contributed by atoms with Crippen molar-refractivity contribution in [1.29, 1.82) is 0 Å².